The molecule has 0 bridgehead atoms. The maximum atomic E-state index is 13.6. The highest BCUT2D eigenvalue weighted by molar-refractivity contribution is 8.00. The lowest BCUT2D eigenvalue weighted by atomic mass is 9.77. The van der Waals surface area contributed by atoms with Crippen molar-refractivity contribution in [3.05, 3.63) is 194 Å². The molecule has 1 atom stereocenters. The highest BCUT2D eigenvalue weighted by Gasteiger charge is 2.60. The summed E-state index contributed by atoms with van der Waals surface area (Å²) < 4.78 is 100. The van der Waals surface area contributed by atoms with E-state index in [1.807, 2.05) is 62.3 Å². The number of hydrogen-bond donors (Lipinski definition) is 2. The van der Waals surface area contributed by atoms with E-state index < -0.39 is 23.9 Å². The molecule has 14 rings (SSSR count). The summed E-state index contributed by atoms with van der Waals surface area (Å²) in [7, 11) is 0. The summed E-state index contributed by atoms with van der Waals surface area (Å²) in [4.78, 5) is 26.4. The molecular weight excluding hydrogens is 1450 g/mol. The van der Waals surface area contributed by atoms with E-state index in [9.17, 15) is 31.5 Å². The van der Waals surface area contributed by atoms with Crippen LogP contribution < -0.4 is 39.1 Å². The third-order valence-electron chi connectivity index (χ3n) is 20.6. The molecule has 0 saturated heterocycles. The standard InChI is InChI=1S/C18H27NO2.C15H22O.C14H20.C13H15F3O2.C12H15NOS.C12H17NO.C11H12F2O2/c1-17(2,3)15-9-7-8-13-12-19(11-10-14(13)15)16(20)21-18(4,5)6;1-14(2,3)11-6-7-12-13(10-11)16-9-8-15(12,4)5;1-14(2,3)13-9-8-11-6-4-5-7-12(11)10-13;1-11(2,3)8-5-6-9-10(7-8)18-13(15,16)12(4,14)17-9;1-12(2,3)8-4-5-10-9(6-8)13-11(14)7-15-10;1-12(2,3)9-4-5-11-10(8-9)13-6-7-14-11;1-10(2,3)7-4-5-8-9(6-7)15-11(12,13)14-8/h7-9H,10-12H2,1-6H3;6-7,10H,8-9H2,1-5H3;8-10H,4-7H2,1-3H3;5-7H,1-4H3;4-6H,7H2,1-3H3,(H,13,14);4-5,8,13H,6-7H2,1-3H3;4-6H,1-3H3. The Morgan fingerprint density at radius 3 is 1.50 bits per heavy atom. The third kappa shape index (κ3) is 24.7. The van der Waals surface area contributed by atoms with Gasteiger partial charge in [0.2, 0.25) is 5.91 Å². The lowest BCUT2D eigenvalue weighted by Gasteiger charge is -2.36. The second kappa shape index (κ2) is 34.4. The van der Waals surface area contributed by atoms with E-state index in [-0.39, 0.29) is 72.9 Å². The predicted molar refractivity (Wildman–Crippen MR) is 451 cm³/mol. The normalized spacial score (nSPS) is 18.1. The predicted octanol–water partition coefficient (Wildman–Crippen LogP) is 25.3. The molecule has 0 aromatic heterocycles. The zero-order valence-electron chi connectivity index (χ0n) is 72.5. The molecule has 0 spiro atoms. The number of halogens is 5. The molecule has 0 radical (unpaired) electrons. The van der Waals surface area contributed by atoms with Crippen LogP contribution in [0, 0.1) is 0 Å². The number of fused-ring (bicyclic) bond motifs is 7. The molecule has 0 fully saturated rings. The van der Waals surface area contributed by atoms with Gasteiger partial charge in [0, 0.05) is 31.5 Å². The van der Waals surface area contributed by atoms with Crippen molar-refractivity contribution in [2.75, 3.05) is 42.7 Å². The van der Waals surface area contributed by atoms with Gasteiger partial charge in [-0.15, -0.1) is 20.5 Å². The molecule has 113 heavy (non-hydrogen) atoms. The van der Waals surface area contributed by atoms with Gasteiger partial charge in [0.25, 0.3) is 0 Å². The van der Waals surface area contributed by atoms with E-state index >= 15 is 0 Å². The summed E-state index contributed by atoms with van der Waals surface area (Å²) in [6.45, 7) is 60.1. The van der Waals surface area contributed by atoms with Crippen LogP contribution in [0.2, 0.25) is 0 Å². The Labute approximate surface area is 676 Å². The summed E-state index contributed by atoms with van der Waals surface area (Å²) in [5.41, 5.74) is 18.3. The fourth-order valence-corrected chi connectivity index (χ4v) is 14.2. The molecule has 7 aliphatic rings. The van der Waals surface area contributed by atoms with Crippen LogP contribution in [-0.2, 0) is 78.7 Å². The lowest BCUT2D eigenvalue weighted by Crippen LogP contribution is -2.53. The van der Waals surface area contributed by atoms with Gasteiger partial charge < -0.3 is 48.7 Å². The Bertz CT molecular complexity index is 4400. The Morgan fingerprint density at radius 2 is 0.938 bits per heavy atom. The van der Waals surface area contributed by atoms with Crippen molar-refractivity contribution >= 4 is 35.1 Å². The second-order valence-corrected chi connectivity index (χ2v) is 40.4. The first-order valence-corrected chi connectivity index (χ1v) is 40.9. The summed E-state index contributed by atoms with van der Waals surface area (Å²) >= 11 is 1.60. The number of thioether (sulfide) groups is 1. The molecule has 2 N–H and O–H groups in total. The van der Waals surface area contributed by atoms with Gasteiger partial charge in [-0.25, -0.2) is 4.79 Å². The number of carbonyl (C=O) groups excluding carboxylic acids is 2. The molecule has 6 heterocycles. The summed E-state index contributed by atoms with van der Waals surface area (Å²) in [6, 6.07) is 42.4. The number of alkyl halides is 5. The minimum Gasteiger partial charge on any atom is -0.493 e. The number of hydrogen-bond acceptors (Lipinski definition) is 11. The van der Waals surface area contributed by atoms with Crippen LogP contribution in [0.25, 0.3) is 0 Å². The highest BCUT2D eigenvalue weighted by atomic mass is 32.2. The molecule has 7 aromatic carbocycles. The van der Waals surface area contributed by atoms with Gasteiger partial charge in [0.1, 0.15) is 23.7 Å². The van der Waals surface area contributed by atoms with E-state index in [1.165, 1.54) is 93.3 Å². The minimum atomic E-state index is -4.00. The fraction of sp³-hybridized carbons (Fsp3) is 0.537. The Balaban J connectivity index is 0.000000166. The molecule has 6 aliphatic heterocycles. The molecule has 18 heteroatoms. The lowest BCUT2D eigenvalue weighted by molar-refractivity contribution is -0.332. The van der Waals surface area contributed by atoms with Crippen molar-refractivity contribution < 1.29 is 64.7 Å². The minimum absolute atomic E-state index is 0.0149. The van der Waals surface area contributed by atoms with E-state index in [1.54, 1.807) is 46.0 Å². The number of nitrogens with zero attached hydrogens (tertiary/aromatic N) is 1. The van der Waals surface area contributed by atoms with Gasteiger partial charge in [0.05, 0.1) is 23.7 Å². The van der Waals surface area contributed by atoms with Crippen LogP contribution in [0.1, 0.15) is 273 Å². The number of amides is 2. The topological polar surface area (TPSA) is 126 Å². The zero-order chi connectivity index (χ0) is 84.3. The summed E-state index contributed by atoms with van der Waals surface area (Å²) in [5, 5.41) is 6.26. The van der Waals surface area contributed by atoms with Gasteiger partial charge in [-0.2, -0.15) is 13.2 Å². The van der Waals surface area contributed by atoms with Gasteiger partial charge in [-0.3, -0.25) is 4.79 Å². The van der Waals surface area contributed by atoms with Crippen molar-refractivity contribution in [1.82, 2.24) is 4.90 Å². The maximum absolute atomic E-state index is 13.6. The SMILES string of the molecule is CC(C)(C)OC(=O)N1CCc2c(cccc2C(C)(C)C)C1.CC(C)(C)c1ccc2c(c1)CCCC2.CC(C)(C)c1ccc2c(c1)NC(=O)CS2.CC(C)(C)c1ccc2c(c1)NCCO2.CC(C)(C)c1ccc2c(c1)OC(F)(F)C(C)(F)O2.CC(C)(C)c1ccc2c(c1)OC(F)(F)O2.CC(C)(C)c1ccc2c(c1)OCCC2(C)C. The molecular formula is C95H128F5N3O9S. The van der Waals surface area contributed by atoms with Crippen molar-refractivity contribution in [2.24, 2.45) is 0 Å². The number of carbonyl (C=O) groups is 2. The quantitative estimate of drug-likeness (QED) is 0.141. The molecule has 2 amide bonds. The van der Waals surface area contributed by atoms with Crippen LogP contribution in [0.4, 0.5) is 38.1 Å². The van der Waals surface area contributed by atoms with Gasteiger partial charge in [-0.05, 0) is 224 Å². The average Bonchev–Trinajstić information content (AvgIpc) is 1.33. The molecule has 618 valence electrons. The van der Waals surface area contributed by atoms with Crippen LogP contribution in [0.15, 0.2) is 132 Å². The Hall–Kier alpha value is -8.12. The van der Waals surface area contributed by atoms with E-state index in [0.717, 1.165) is 73.1 Å². The van der Waals surface area contributed by atoms with E-state index in [2.05, 4.69) is 238 Å². The molecule has 1 unspecified atom stereocenters. The van der Waals surface area contributed by atoms with Crippen LogP contribution >= 0.6 is 11.8 Å². The zero-order valence-corrected chi connectivity index (χ0v) is 73.3. The first-order valence-electron chi connectivity index (χ1n) is 39.9. The molecule has 12 nitrogen and oxygen atoms in total. The summed E-state index contributed by atoms with van der Waals surface area (Å²) in [5.74, 6) is -0.432. The number of aryl methyl sites for hydroxylation is 2. The number of ether oxygens (including phenoxy) is 7. The van der Waals surface area contributed by atoms with Gasteiger partial charge in [0.15, 0.2) is 23.0 Å². The monoisotopic (exact) mass is 1580 g/mol. The summed E-state index contributed by atoms with van der Waals surface area (Å²) in [6.07, 6.45) is -0.400. The maximum Gasteiger partial charge on any atom is 0.586 e. The number of benzene rings is 7. The molecule has 7 aromatic rings. The molecule has 0 saturated carbocycles. The van der Waals surface area contributed by atoms with Crippen molar-refractivity contribution in [1.29, 1.82) is 0 Å². The van der Waals surface area contributed by atoms with Crippen molar-refractivity contribution in [2.45, 2.75) is 304 Å². The average molecular weight is 1580 g/mol. The fourth-order valence-electron chi connectivity index (χ4n) is 13.4. The highest BCUT2D eigenvalue weighted by Crippen LogP contribution is 2.49. The van der Waals surface area contributed by atoms with Crippen molar-refractivity contribution in [3.8, 4) is 34.5 Å². The smallest absolute Gasteiger partial charge is 0.493 e. The van der Waals surface area contributed by atoms with E-state index in [4.69, 9.17) is 14.2 Å². The first-order chi connectivity index (χ1) is 51.8. The number of anilines is 2. The van der Waals surface area contributed by atoms with Gasteiger partial charge in [-0.1, -0.05) is 232 Å². The van der Waals surface area contributed by atoms with E-state index in [0.29, 0.717) is 24.6 Å². The second-order valence-electron chi connectivity index (χ2n) is 39.4. The van der Waals surface area contributed by atoms with Crippen LogP contribution in [0.5, 0.6) is 34.5 Å². The largest absolute Gasteiger partial charge is 0.586 e. The van der Waals surface area contributed by atoms with Gasteiger partial charge >= 0.3 is 24.4 Å². The Morgan fingerprint density at radius 1 is 0.469 bits per heavy atom. The first kappa shape index (κ1) is 90.4. The van der Waals surface area contributed by atoms with Crippen LogP contribution in [-0.4, -0.2) is 72.8 Å². The Kier molecular flexibility index (Phi) is 27.5. The number of nitrogens with one attached hydrogen (secondary N) is 2. The van der Waals surface area contributed by atoms with Crippen molar-refractivity contribution in [3.63, 3.8) is 0 Å². The third-order valence-corrected chi connectivity index (χ3v) is 21.7. The molecule has 1 aliphatic carbocycles. The van der Waals surface area contributed by atoms with Crippen LogP contribution in [0.3, 0.4) is 0 Å². The number of rotatable bonds is 0.